The van der Waals surface area contributed by atoms with Crippen LogP contribution in [0.15, 0.2) is 41.9 Å². The van der Waals surface area contributed by atoms with Gasteiger partial charge in [0.25, 0.3) is 0 Å². The van der Waals surface area contributed by atoms with Gasteiger partial charge in [0, 0.05) is 18.0 Å². The zero-order chi connectivity index (χ0) is 11.4. The van der Waals surface area contributed by atoms with Crippen molar-refractivity contribution in [2.24, 2.45) is 0 Å². The standard InChI is InChI=1S/C12H11NO2S/c14-10(9-4-2-1-3-5-9)8-11(15)12-13-6-7-16-12/h1-7,10,14H,8H2. The molecule has 0 amide bonds. The van der Waals surface area contributed by atoms with E-state index in [0.29, 0.717) is 5.01 Å². The van der Waals surface area contributed by atoms with Crippen LogP contribution in [0.25, 0.3) is 0 Å². The number of Topliss-reactive ketones (excluding diaryl/α,β-unsaturated/α-hetero) is 1. The van der Waals surface area contributed by atoms with E-state index in [1.54, 1.807) is 23.7 Å². The van der Waals surface area contributed by atoms with Crippen LogP contribution in [0.2, 0.25) is 0 Å². The Morgan fingerprint density at radius 3 is 2.75 bits per heavy atom. The Balaban J connectivity index is 2.03. The van der Waals surface area contributed by atoms with Crippen LogP contribution in [0.3, 0.4) is 0 Å². The zero-order valence-electron chi connectivity index (χ0n) is 8.54. The van der Waals surface area contributed by atoms with Crippen molar-refractivity contribution in [2.75, 3.05) is 0 Å². The van der Waals surface area contributed by atoms with E-state index in [-0.39, 0.29) is 12.2 Å². The maximum absolute atomic E-state index is 11.7. The maximum atomic E-state index is 11.7. The average molecular weight is 233 g/mol. The largest absolute Gasteiger partial charge is 0.388 e. The third kappa shape index (κ3) is 2.53. The number of carbonyl (C=O) groups is 1. The molecule has 2 rings (SSSR count). The average Bonchev–Trinajstić information content (AvgIpc) is 2.83. The number of rotatable bonds is 4. The third-order valence-electron chi connectivity index (χ3n) is 2.23. The van der Waals surface area contributed by atoms with Crippen LogP contribution in [0.1, 0.15) is 27.9 Å². The molecule has 0 fully saturated rings. The third-order valence-corrected chi connectivity index (χ3v) is 3.05. The predicted octanol–water partition coefficient (Wildman–Crippen LogP) is 2.45. The van der Waals surface area contributed by atoms with Gasteiger partial charge in [0.05, 0.1) is 6.10 Å². The number of hydrogen-bond acceptors (Lipinski definition) is 4. The minimum absolute atomic E-state index is 0.0809. The van der Waals surface area contributed by atoms with Gasteiger partial charge in [0.2, 0.25) is 0 Å². The monoisotopic (exact) mass is 233 g/mol. The molecule has 2 aromatic rings. The molecule has 1 unspecified atom stereocenters. The summed E-state index contributed by atoms with van der Waals surface area (Å²) < 4.78 is 0. The zero-order valence-corrected chi connectivity index (χ0v) is 9.35. The van der Waals surface area contributed by atoms with Crippen LogP contribution in [-0.4, -0.2) is 15.9 Å². The van der Waals surface area contributed by atoms with Crippen LogP contribution >= 0.6 is 11.3 Å². The summed E-state index contributed by atoms with van der Waals surface area (Å²) in [5, 5.41) is 12.1. The lowest BCUT2D eigenvalue weighted by Crippen LogP contribution is -2.06. The van der Waals surface area contributed by atoms with Gasteiger partial charge >= 0.3 is 0 Å². The van der Waals surface area contributed by atoms with Crippen molar-refractivity contribution >= 4 is 17.1 Å². The lowest BCUT2D eigenvalue weighted by atomic mass is 10.0. The Kier molecular flexibility index (Phi) is 3.44. The number of thiazole rings is 1. The second-order valence-electron chi connectivity index (χ2n) is 3.39. The van der Waals surface area contributed by atoms with Crippen molar-refractivity contribution in [3.05, 3.63) is 52.5 Å². The van der Waals surface area contributed by atoms with Crippen LogP contribution < -0.4 is 0 Å². The molecule has 0 aliphatic rings. The molecule has 1 aromatic heterocycles. The van der Waals surface area contributed by atoms with Crippen LogP contribution in [-0.2, 0) is 0 Å². The van der Waals surface area contributed by atoms with Gasteiger partial charge in [-0.3, -0.25) is 4.79 Å². The number of aliphatic hydroxyl groups is 1. The minimum atomic E-state index is -0.752. The summed E-state index contributed by atoms with van der Waals surface area (Å²) in [6.45, 7) is 0. The lowest BCUT2D eigenvalue weighted by molar-refractivity contribution is 0.0880. The molecule has 1 heterocycles. The Labute approximate surface area is 97.4 Å². The molecule has 82 valence electrons. The fraction of sp³-hybridized carbons (Fsp3) is 0.167. The van der Waals surface area contributed by atoms with E-state index in [0.717, 1.165) is 5.56 Å². The van der Waals surface area contributed by atoms with Crippen molar-refractivity contribution in [1.82, 2.24) is 4.98 Å². The first-order valence-electron chi connectivity index (χ1n) is 4.93. The highest BCUT2D eigenvalue weighted by Crippen LogP contribution is 2.19. The lowest BCUT2D eigenvalue weighted by Gasteiger charge is -2.08. The van der Waals surface area contributed by atoms with Gasteiger partial charge in [-0.2, -0.15) is 0 Å². The van der Waals surface area contributed by atoms with Crippen LogP contribution in [0.4, 0.5) is 0 Å². The SMILES string of the molecule is O=C(CC(O)c1ccccc1)c1nccs1. The second-order valence-corrected chi connectivity index (χ2v) is 4.29. The number of benzene rings is 1. The Morgan fingerprint density at radius 2 is 2.12 bits per heavy atom. The van der Waals surface area contributed by atoms with Gasteiger partial charge in [-0.25, -0.2) is 4.98 Å². The topological polar surface area (TPSA) is 50.2 Å². The number of aromatic nitrogens is 1. The van der Waals surface area contributed by atoms with Crippen molar-refractivity contribution < 1.29 is 9.90 Å². The first-order chi connectivity index (χ1) is 7.77. The maximum Gasteiger partial charge on any atom is 0.194 e. The Morgan fingerprint density at radius 1 is 1.38 bits per heavy atom. The van der Waals surface area contributed by atoms with Crippen LogP contribution in [0, 0.1) is 0 Å². The fourth-order valence-corrected chi connectivity index (χ4v) is 2.00. The molecular formula is C12H11NO2S. The summed E-state index contributed by atoms with van der Waals surface area (Å²) in [7, 11) is 0. The highest BCUT2D eigenvalue weighted by Gasteiger charge is 2.15. The number of carbonyl (C=O) groups excluding carboxylic acids is 1. The van der Waals surface area contributed by atoms with Gasteiger partial charge in [0.1, 0.15) is 0 Å². The number of hydrogen-bond donors (Lipinski definition) is 1. The van der Waals surface area contributed by atoms with E-state index < -0.39 is 6.10 Å². The summed E-state index contributed by atoms with van der Waals surface area (Å²) in [6, 6.07) is 9.16. The van der Waals surface area contributed by atoms with Crippen LogP contribution in [0.5, 0.6) is 0 Å². The molecule has 0 spiro atoms. The molecule has 0 aliphatic carbocycles. The number of nitrogens with zero attached hydrogens (tertiary/aromatic N) is 1. The molecule has 16 heavy (non-hydrogen) atoms. The molecule has 1 N–H and O–H groups in total. The molecule has 0 saturated heterocycles. The Bertz CT molecular complexity index is 453. The smallest absolute Gasteiger partial charge is 0.194 e. The molecule has 0 aliphatic heterocycles. The molecule has 1 atom stereocenters. The Hall–Kier alpha value is -1.52. The van der Waals surface area contributed by atoms with Gasteiger partial charge in [-0.05, 0) is 5.56 Å². The second kappa shape index (κ2) is 5.01. The van der Waals surface area contributed by atoms with E-state index in [1.165, 1.54) is 11.3 Å². The van der Waals surface area contributed by atoms with Gasteiger partial charge in [0.15, 0.2) is 10.8 Å². The first-order valence-corrected chi connectivity index (χ1v) is 5.81. The van der Waals surface area contributed by atoms with Crippen molar-refractivity contribution in [3.8, 4) is 0 Å². The molecule has 1 aromatic carbocycles. The van der Waals surface area contributed by atoms with Crippen molar-refractivity contribution in [3.63, 3.8) is 0 Å². The first kappa shape index (κ1) is 11.0. The summed E-state index contributed by atoms with van der Waals surface area (Å²) in [4.78, 5) is 15.6. The molecule has 0 radical (unpaired) electrons. The summed E-state index contributed by atoms with van der Waals surface area (Å²) >= 11 is 1.30. The van der Waals surface area contributed by atoms with E-state index in [9.17, 15) is 9.90 Å². The molecule has 0 saturated carbocycles. The summed E-state index contributed by atoms with van der Waals surface area (Å²) in [5.41, 5.74) is 0.757. The summed E-state index contributed by atoms with van der Waals surface area (Å²) in [6.07, 6.45) is 0.919. The number of aliphatic hydroxyl groups excluding tert-OH is 1. The highest BCUT2D eigenvalue weighted by molar-refractivity contribution is 7.11. The molecule has 3 nitrogen and oxygen atoms in total. The highest BCUT2D eigenvalue weighted by atomic mass is 32.1. The van der Waals surface area contributed by atoms with E-state index in [4.69, 9.17) is 0 Å². The predicted molar refractivity (Wildman–Crippen MR) is 62.5 cm³/mol. The van der Waals surface area contributed by atoms with Gasteiger partial charge in [-0.15, -0.1) is 11.3 Å². The van der Waals surface area contributed by atoms with E-state index in [2.05, 4.69) is 4.98 Å². The number of ketones is 1. The van der Waals surface area contributed by atoms with E-state index >= 15 is 0 Å². The van der Waals surface area contributed by atoms with Crippen molar-refractivity contribution in [2.45, 2.75) is 12.5 Å². The normalized spacial score (nSPS) is 12.3. The van der Waals surface area contributed by atoms with Gasteiger partial charge < -0.3 is 5.11 Å². The van der Waals surface area contributed by atoms with E-state index in [1.807, 2.05) is 18.2 Å². The molecule has 0 bridgehead atoms. The summed E-state index contributed by atoms with van der Waals surface area (Å²) in [5.74, 6) is -0.119. The van der Waals surface area contributed by atoms with Crippen molar-refractivity contribution in [1.29, 1.82) is 0 Å². The quantitative estimate of drug-likeness (QED) is 0.825. The molecular weight excluding hydrogens is 222 g/mol. The molecule has 4 heteroatoms. The van der Waals surface area contributed by atoms with Gasteiger partial charge in [-0.1, -0.05) is 30.3 Å². The minimum Gasteiger partial charge on any atom is -0.388 e. The fourth-order valence-electron chi connectivity index (χ4n) is 1.42.